The van der Waals surface area contributed by atoms with Gasteiger partial charge in [0.15, 0.2) is 0 Å². The summed E-state index contributed by atoms with van der Waals surface area (Å²) in [5.74, 6) is 1.06. The molecule has 3 aromatic rings. The molecule has 0 aliphatic carbocycles. The van der Waals surface area contributed by atoms with Gasteiger partial charge < -0.3 is 25.2 Å². The number of carbonyl (C=O) groups excluding carboxylic acids is 2. The molecule has 0 unspecified atom stereocenters. The second kappa shape index (κ2) is 16.4. The minimum atomic E-state index is -0.104. The van der Waals surface area contributed by atoms with Gasteiger partial charge in [-0.15, -0.1) is 0 Å². The van der Waals surface area contributed by atoms with Gasteiger partial charge in [-0.3, -0.25) is 9.59 Å². The van der Waals surface area contributed by atoms with Gasteiger partial charge in [-0.25, -0.2) is 9.97 Å². The van der Waals surface area contributed by atoms with Crippen LogP contribution in [0.3, 0.4) is 0 Å². The second-order valence-corrected chi connectivity index (χ2v) is 11.4. The molecule has 4 rings (SSSR count). The number of amides is 2. The third-order valence-electron chi connectivity index (χ3n) is 7.60. The molecule has 0 bridgehead atoms. The lowest BCUT2D eigenvalue weighted by atomic mass is 10.0. The Bertz CT molecular complexity index is 1430. The monoisotopic (exact) mass is 597 g/mol. The van der Waals surface area contributed by atoms with Crippen LogP contribution in [0.5, 0.6) is 5.75 Å². The quantitative estimate of drug-likeness (QED) is 0.237. The Morgan fingerprint density at radius 2 is 1.84 bits per heavy atom. The number of hydrogen-bond acceptors (Lipinski definition) is 8. The van der Waals surface area contributed by atoms with Crippen LogP contribution in [0.1, 0.15) is 67.8 Å². The molecule has 2 amide bonds. The van der Waals surface area contributed by atoms with E-state index in [1.54, 1.807) is 30.5 Å². The molecule has 232 valence electrons. The highest BCUT2D eigenvalue weighted by Crippen LogP contribution is 2.28. The molecule has 0 saturated carbocycles. The average molecular weight is 598 g/mol. The average Bonchev–Trinajstić information content (AvgIpc) is 3.04. The molecule has 10 heteroatoms. The van der Waals surface area contributed by atoms with Crippen molar-refractivity contribution in [3.8, 4) is 23.1 Å². The summed E-state index contributed by atoms with van der Waals surface area (Å²) in [6, 6.07) is 16.7. The number of nitriles is 1. The number of nitrogens with zero attached hydrogens (tertiary/aromatic N) is 5. The smallest absolute Gasteiger partial charge is 0.251 e. The van der Waals surface area contributed by atoms with Crippen LogP contribution in [-0.4, -0.2) is 78.0 Å². The number of hydrogen-bond donors (Lipinski definition) is 2. The van der Waals surface area contributed by atoms with Gasteiger partial charge >= 0.3 is 0 Å². The molecular formula is C34H43N7O3. The molecule has 44 heavy (non-hydrogen) atoms. The van der Waals surface area contributed by atoms with Crippen molar-refractivity contribution in [3.05, 3.63) is 65.9 Å². The highest BCUT2D eigenvalue weighted by atomic mass is 16.5. The first-order chi connectivity index (χ1) is 21.4. The SMILES string of the molecule is CCCCCC(=O)N1CCC(Oc2ccc(-c3ccnc(Nc4ccc(C(=O)NCCCN(C)C)cc4)n3)cc2C#N)CC1. The Balaban J connectivity index is 1.33. The fourth-order valence-electron chi connectivity index (χ4n) is 5.08. The minimum absolute atomic E-state index is 0.0389. The van der Waals surface area contributed by atoms with Crippen molar-refractivity contribution in [2.45, 2.75) is 58.0 Å². The Morgan fingerprint density at radius 1 is 1.07 bits per heavy atom. The molecule has 0 atom stereocenters. The van der Waals surface area contributed by atoms with Crippen LogP contribution in [0.25, 0.3) is 11.3 Å². The number of benzene rings is 2. The number of aromatic nitrogens is 2. The van der Waals surface area contributed by atoms with E-state index in [0.29, 0.717) is 54.6 Å². The highest BCUT2D eigenvalue weighted by molar-refractivity contribution is 5.94. The van der Waals surface area contributed by atoms with E-state index in [9.17, 15) is 14.9 Å². The predicted molar refractivity (Wildman–Crippen MR) is 172 cm³/mol. The van der Waals surface area contributed by atoms with Gasteiger partial charge in [-0.05, 0) is 82.0 Å². The van der Waals surface area contributed by atoms with E-state index < -0.39 is 0 Å². The van der Waals surface area contributed by atoms with Crippen molar-refractivity contribution in [1.29, 1.82) is 5.26 Å². The van der Waals surface area contributed by atoms with Crippen molar-refractivity contribution >= 4 is 23.5 Å². The minimum Gasteiger partial charge on any atom is -0.489 e. The van der Waals surface area contributed by atoms with Crippen molar-refractivity contribution < 1.29 is 14.3 Å². The molecule has 1 saturated heterocycles. The van der Waals surface area contributed by atoms with Crippen LogP contribution < -0.4 is 15.4 Å². The van der Waals surface area contributed by atoms with Gasteiger partial charge in [0.2, 0.25) is 11.9 Å². The normalized spacial score (nSPS) is 13.4. The maximum Gasteiger partial charge on any atom is 0.251 e. The van der Waals surface area contributed by atoms with E-state index in [1.807, 2.05) is 43.3 Å². The Kier molecular flexibility index (Phi) is 12.1. The van der Waals surface area contributed by atoms with Crippen molar-refractivity contribution in [3.63, 3.8) is 0 Å². The van der Waals surface area contributed by atoms with Gasteiger partial charge in [-0.2, -0.15) is 5.26 Å². The first-order valence-corrected chi connectivity index (χ1v) is 15.5. The van der Waals surface area contributed by atoms with Crippen LogP contribution in [-0.2, 0) is 4.79 Å². The van der Waals surface area contributed by atoms with Gasteiger partial charge in [0.1, 0.15) is 17.9 Å². The molecule has 10 nitrogen and oxygen atoms in total. The first-order valence-electron chi connectivity index (χ1n) is 15.5. The predicted octanol–water partition coefficient (Wildman–Crippen LogP) is 5.39. The topological polar surface area (TPSA) is 123 Å². The summed E-state index contributed by atoms with van der Waals surface area (Å²) in [5.41, 5.74) is 3.20. The van der Waals surface area contributed by atoms with E-state index in [0.717, 1.165) is 56.3 Å². The lowest BCUT2D eigenvalue weighted by molar-refractivity contribution is -0.133. The highest BCUT2D eigenvalue weighted by Gasteiger charge is 2.24. The molecule has 0 spiro atoms. The third kappa shape index (κ3) is 9.51. The zero-order chi connectivity index (χ0) is 31.3. The van der Waals surface area contributed by atoms with Gasteiger partial charge in [-0.1, -0.05) is 19.8 Å². The fraction of sp³-hybridized carbons (Fsp3) is 0.441. The molecule has 1 fully saturated rings. The molecule has 1 aliphatic heterocycles. The van der Waals surface area contributed by atoms with Crippen LogP contribution in [0.15, 0.2) is 54.7 Å². The Morgan fingerprint density at radius 3 is 2.55 bits per heavy atom. The number of carbonyl (C=O) groups is 2. The van der Waals surface area contributed by atoms with E-state index in [1.165, 1.54) is 0 Å². The van der Waals surface area contributed by atoms with E-state index in [-0.39, 0.29) is 17.9 Å². The summed E-state index contributed by atoms with van der Waals surface area (Å²) in [7, 11) is 4.02. The molecule has 2 heterocycles. The number of unbranched alkanes of at least 4 members (excludes halogenated alkanes) is 2. The molecule has 2 aromatic carbocycles. The summed E-state index contributed by atoms with van der Waals surface area (Å²) >= 11 is 0. The van der Waals surface area contributed by atoms with Gasteiger partial charge in [0, 0.05) is 61.9 Å². The van der Waals surface area contributed by atoms with E-state index in [4.69, 9.17) is 4.74 Å². The first kappa shape index (κ1) is 32.4. The third-order valence-corrected chi connectivity index (χ3v) is 7.60. The van der Waals surface area contributed by atoms with E-state index >= 15 is 0 Å². The fourth-order valence-corrected chi connectivity index (χ4v) is 5.08. The van der Waals surface area contributed by atoms with Crippen molar-refractivity contribution in [2.75, 3.05) is 45.6 Å². The number of rotatable bonds is 14. The molecule has 0 radical (unpaired) electrons. The van der Waals surface area contributed by atoms with Crippen LogP contribution >= 0.6 is 0 Å². The summed E-state index contributed by atoms with van der Waals surface area (Å²) in [6.45, 7) is 5.04. The molecular weight excluding hydrogens is 554 g/mol. The Labute approximate surface area is 260 Å². The number of piperidine rings is 1. The summed E-state index contributed by atoms with van der Waals surface area (Å²) in [6.07, 6.45) is 7.74. The van der Waals surface area contributed by atoms with Crippen LogP contribution in [0, 0.1) is 11.3 Å². The molecule has 1 aromatic heterocycles. The summed E-state index contributed by atoms with van der Waals surface area (Å²) in [4.78, 5) is 37.8. The summed E-state index contributed by atoms with van der Waals surface area (Å²) in [5, 5.41) is 16.0. The maximum atomic E-state index is 12.4. The van der Waals surface area contributed by atoms with Crippen LogP contribution in [0.4, 0.5) is 11.6 Å². The zero-order valence-electron chi connectivity index (χ0n) is 26.0. The molecule has 2 N–H and O–H groups in total. The number of likely N-dealkylation sites (tertiary alicyclic amines) is 1. The number of ether oxygens (including phenoxy) is 1. The standard InChI is InChI=1S/C34H43N7O3/c1-4-5-6-8-32(42)41-21-16-29(17-22-41)44-31-14-11-26(23-27(31)24-35)30-15-19-37-34(39-30)38-28-12-9-25(10-13-28)33(43)36-18-7-20-40(2)3/h9-15,19,23,29H,4-8,16-18,20-22H2,1-3H3,(H,36,43)(H,37,38,39). The van der Waals surface area contributed by atoms with Crippen molar-refractivity contribution in [1.82, 2.24) is 25.1 Å². The largest absolute Gasteiger partial charge is 0.489 e. The lowest BCUT2D eigenvalue weighted by Crippen LogP contribution is -2.41. The second-order valence-electron chi connectivity index (χ2n) is 11.4. The van der Waals surface area contributed by atoms with Gasteiger partial charge in [0.25, 0.3) is 5.91 Å². The Hall–Kier alpha value is -4.49. The summed E-state index contributed by atoms with van der Waals surface area (Å²) < 4.78 is 6.22. The van der Waals surface area contributed by atoms with Crippen LogP contribution in [0.2, 0.25) is 0 Å². The zero-order valence-corrected chi connectivity index (χ0v) is 26.0. The number of nitrogens with one attached hydrogen (secondary N) is 2. The van der Waals surface area contributed by atoms with E-state index in [2.05, 4.69) is 38.5 Å². The number of anilines is 2. The molecule has 1 aliphatic rings. The van der Waals surface area contributed by atoms with Gasteiger partial charge in [0.05, 0.1) is 11.3 Å². The maximum absolute atomic E-state index is 12.4. The lowest BCUT2D eigenvalue weighted by Gasteiger charge is -2.32. The van der Waals surface area contributed by atoms with Crippen molar-refractivity contribution in [2.24, 2.45) is 0 Å².